The van der Waals surface area contributed by atoms with Crippen LogP contribution in [0.3, 0.4) is 0 Å². The lowest BCUT2D eigenvalue weighted by molar-refractivity contribution is -0.137. The summed E-state index contributed by atoms with van der Waals surface area (Å²) in [6, 6.07) is 5.50. The van der Waals surface area contributed by atoms with Crippen LogP contribution in [0.4, 0.5) is 13.2 Å². The molecular formula is C16H19F3N2O. The minimum atomic E-state index is -4.34. The molecule has 1 N–H and O–H groups in total. The van der Waals surface area contributed by atoms with Crippen LogP contribution in [0.5, 0.6) is 0 Å². The zero-order valence-corrected chi connectivity index (χ0v) is 12.4. The third kappa shape index (κ3) is 2.97. The Kier molecular flexibility index (Phi) is 3.89. The summed E-state index contributed by atoms with van der Waals surface area (Å²) in [5, 5.41) is 3.23. The van der Waals surface area contributed by atoms with Crippen LogP contribution in [0.2, 0.25) is 0 Å². The summed E-state index contributed by atoms with van der Waals surface area (Å²) in [6.07, 6.45) is -3.69. The average molecular weight is 312 g/mol. The van der Waals surface area contributed by atoms with E-state index >= 15 is 0 Å². The molecule has 1 amide bonds. The van der Waals surface area contributed by atoms with Crippen LogP contribution < -0.4 is 5.32 Å². The van der Waals surface area contributed by atoms with Crippen molar-refractivity contribution in [2.45, 2.75) is 31.5 Å². The molecule has 3 rings (SSSR count). The van der Waals surface area contributed by atoms with Gasteiger partial charge in [0, 0.05) is 31.6 Å². The molecule has 22 heavy (non-hydrogen) atoms. The number of nitrogens with one attached hydrogen (secondary N) is 1. The first-order valence-corrected chi connectivity index (χ1v) is 7.56. The van der Waals surface area contributed by atoms with Crippen molar-refractivity contribution in [1.29, 1.82) is 0 Å². The summed E-state index contributed by atoms with van der Waals surface area (Å²) < 4.78 is 38.3. The van der Waals surface area contributed by atoms with E-state index in [9.17, 15) is 18.0 Å². The van der Waals surface area contributed by atoms with E-state index in [1.165, 1.54) is 12.1 Å². The molecule has 0 aromatic heterocycles. The molecule has 6 heteroatoms. The van der Waals surface area contributed by atoms with Crippen LogP contribution in [0, 0.1) is 5.92 Å². The maximum absolute atomic E-state index is 12.8. The van der Waals surface area contributed by atoms with E-state index in [2.05, 4.69) is 5.32 Å². The number of alkyl halides is 3. The highest BCUT2D eigenvalue weighted by atomic mass is 19.4. The molecule has 2 fully saturated rings. The molecule has 1 aromatic rings. The van der Waals surface area contributed by atoms with E-state index < -0.39 is 11.7 Å². The SMILES string of the molecule is C[C@@H]1CNCCN1C(=O)[C@@H]1C[C@@H]1c1cccc(C(F)(F)F)c1. The number of piperazine rings is 1. The van der Waals surface area contributed by atoms with Gasteiger partial charge in [0.15, 0.2) is 0 Å². The van der Waals surface area contributed by atoms with E-state index in [1.807, 2.05) is 11.8 Å². The van der Waals surface area contributed by atoms with Crippen molar-refractivity contribution in [2.24, 2.45) is 5.92 Å². The van der Waals surface area contributed by atoms with Crippen molar-refractivity contribution in [3.8, 4) is 0 Å². The second-order valence-electron chi connectivity index (χ2n) is 6.16. The Morgan fingerprint density at radius 1 is 1.36 bits per heavy atom. The predicted octanol–water partition coefficient (Wildman–Crippen LogP) is 2.63. The molecule has 0 unspecified atom stereocenters. The van der Waals surface area contributed by atoms with Gasteiger partial charge in [-0.15, -0.1) is 0 Å². The Morgan fingerprint density at radius 3 is 2.82 bits per heavy atom. The largest absolute Gasteiger partial charge is 0.416 e. The maximum Gasteiger partial charge on any atom is 0.416 e. The summed E-state index contributed by atoms with van der Waals surface area (Å²) >= 11 is 0. The quantitative estimate of drug-likeness (QED) is 0.910. The van der Waals surface area contributed by atoms with E-state index in [0.717, 1.165) is 19.2 Å². The van der Waals surface area contributed by atoms with Gasteiger partial charge >= 0.3 is 6.18 Å². The lowest BCUT2D eigenvalue weighted by Crippen LogP contribution is -2.52. The normalized spacial score (nSPS) is 28.5. The second-order valence-corrected chi connectivity index (χ2v) is 6.16. The molecule has 1 aliphatic heterocycles. The number of hydrogen-bond acceptors (Lipinski definition) is 2. The smallest absolute Gasteiger partial charge is 0.337 e. The first-order valence-electron chi connectivity index (χ1n) is 7.56. The van der Waals surface area contributed by atoms with E-state index in [1.54, 1.807) is 6.07 Å². The van der Waals surface area contributed by atoms with Gasteiger partial charge in [-0.1, -0.05) is 18.2 Å². The number of nitrogens with zero attached hydrogens (tertiary/aromatic N) is 1. The summed E-state index contributed by atoms with van der Waals surface area (Å²) in [5.74, 6) is -0.155. The van der Waals surface area contributed by atoms with Gasteiger partial charge in [-0.05, 0) is 30.9 Å². The van der Waals surface area contributed by atoms with Gasteiger partial charge in [-0.25, -0.2) is 0 Å². The molecule has 0 bridgehead atoms. The number of halogens is 3. The third-order valence-corrected chi connectivity index (χ3v) is 4.53. The molecule has 1 saturated heterocycles. The maximum atomic E-state index is 12.8. The molecule has 1 aliphatic carbocycles. The van der Waals surface area contributed by atoms with Crippen molar-refractivity contribution in [1.82, 2.24) is 10.2 Å². The number of amides is 1. The van der Waals surface area contributed by atoms with E-state index in [0.29, 0.717) is 18.5 Å². The summed E-state index contributed by atoms with van der Waals surface area (Å²) in [4.78, 5) is 14.4. The first kappa shape index (κ1) is 15.3. The number of carbonyl (C=O) groups excluding carboxylic acids is 1. The third-order valence-electron chi connectivity index (χ3n) is 4.53. The van der Waals surface area contributed by atoms with Gasteiger partial charge < -0.3 is 10.2 Å². The first-order chi connectivity index (χ1) is 10.4. The molecule has 0 spiro atoms. The average Bonchev–Trinajstić information content (AvgIpc) is 3.27. The minimum Gasteiger partial charge on any atom is -0.337 e. The van der Waals surface area contributed by atoms with Gasteiger partial charge in [-0.3, -0.25) is 4.79 Å². The van der Waals surface area contributed by atoms with E-state index in [-0.39, 0.29) is 23.8 Å². The van der Waals surface area contributed by atoms with Crippen LogP contribution in [0.15, 0.2) is 24.3 Å². The Labute approximate surface area is 127 Å². The highest BCUT2D eigenvalue weighted by Gasteiger charge is 2.47. The van der Waals surface area contributed by atoms with Crippen molar-refractivity contribution < 1.29 is 18.0 Å². The molecule has 2 aliphatic rings. The van der Waals surface area contributed by atoms with Crippen LogP contribution >= 0.6 is 0 Å². The fraction of sp³-hybridized carbons (Fsp3) is 0.562. The number of carbonyl (C=O) groups is 1. The van der Waals surface area contributed by atoms with Gasteiger partial charge in [0.25, 0.3) is 0 Å². The van der Waals surface area contributed by atoms with Crippen LogP contribution in [0.25, 0.3) is 0 Å². The van der Waals surface area contributed by atoms with Crippen LogP contribution in [-0.2, 0) is 11.0 Å². The van der Waals surface area contributed by atoms with Gasteiger partial charge in [0.2, 0.25) is 5.91 Å². The fourth-order valence-electron chi connectivity index (χ4n) is 3.16. The summed E-state index contributed by atoms with van der Waals surface area (Å²) in [6.45, 7) is 4.21. The lowest BCUT2D eigenvalue weighted by Gasteiger charge is -2.34. The lowest BCUT2D eigenvalue weighted by atomic mass is 10.0. The van der Waals surface area contributed by atoms with Crippen molar-refractivity contribution in [3.63, 3.8) is 0 Å². The zero-order chi connectivity index (χ0) is 15.9. The van der Waals surface area contributed by atoms with Crippen molar-refractivity contribution in [3.05, 3.63) is 35.4 Å². The van der Waals surface area contributed by atoms with Crippen LogP contribution in [-0.4, -0.2) is 36.5 Å². The standard InChI is InChI=1S/C16H19F3N2O/c1-10-9-20-5-6-21(10)15(22)14-8-13(14)11-3-2-4-12(7-11)16(17,18)19/h2-4,7,10,13-14,20H,5-6,8-9H2,1H3/t10-,13-,14-/m1/s1. The number of rotatable bonds is 2. The molecule has 1 heterocycles. The Morgan fingerprint density at radius 2 is 2.14 bits per heavy atom. The Bertz CT molecular complexity index is 573. The highest BCUT2D eigenvalue weighted by molar-refractivity contribution is 5.83. The Hall–Kier alpha value is -1.56. The second kappa shape index (κ2) is 5.57. The fourth-order valence-corrected chi connectivity index (χ4v) is 3.16. The van der Waals surface area contributed by atoms with Crippen molar-refractivity contribution >= 4 is 5.91 Å². The molecule has 120 valence electrons. The summed E-state index contributed by atoms with van der Waals surface area (Å²) in [7, 11) is 0. The molecule has 3 nitrogen and oxygen atoms in total. The minimum absolute atomic E-state index is 0.0723. The predicted molar refractivity (Wildman–Crippen MR) is 76.3 cm³/mol. The summed E-state index contributed by atoms with van der Waals surface area (Å²) in [5.41, 5.74) is -0.0189. The highest BCUT2D eigenvalue weighted by Crippen LogP contribution is 2.49. The van der Waals surface area contributed by atoms with Gasteiger partial charge in [0.05, 0.1) is 5.56 Å². The number of hydrogen-bond donors (Lipinski definition) is 1. The van der Waals surface area contributed by atoms with Crippen LogP contribution in [0.1, 0.15) is 30.4 Å². The number of benzene rings is 1. The Balaban J connectivity index is 1.70. The van der Waals surface area contributed by atoms with Crippen molar-refractivity contribution in [2.75, 3.05) is 19.6 Å². The topological polar surface area (TPSA) is 32.3 Å². The zero-order valence-electron chi connectivity index (χ0n) is 12.4. The van der Waals surface area contributed by atoms with E-state index in [4.69, 9.17) is 0 Å². The molecule has 0 radical (unpaired) electrons. The monoisotopic (exact) mass is 312 g/mol. The molecule has 1 aromatic carbocycles. The molecule has 3 atom stereocenters. The molecule has 1 saturated carbocycles. The van der Waals surface area contributed by atoms with Gasteiger partial charge in [-0.2, -0.15) is 13.2 Å². The van der Waals surface area contributed by atoms with Gasteiger partial charge in [0.1, 0.15) is 0 Å². The molecular weight excluding hydrogens is 293 g/mol.